The second-order valence-corrected chi connectivity index (χ2v) is 8.23. The van der Waals surface area contributed by atoms with E-state index in [0.29, 0.717) is 16.5 Å². The summed E-state index contributed by atoms with van der Waals surface area (Å²) in [6.45, 7) is 11.9. The quantitative estimate of drug-likeness (QED) is 0.597. The second kappa shape index (κ2) is 8.53. The minimum absolute atomic E-state index is 0.250. The Morgan fingerprint density at radius 3 is 2.58 bits per heavy atom. The van der Waals surface area contributed by atoms with Gasteiger partial charge in [0, 0.05) is 30.5 Å². The fourth-order valence-electron chi connectivity index (χ4n) is 4.19. The van der Waals surface area contributed by atoms with Gasteiger partial charge < -0.3 is 4.57 Å². The van der Waals surface area contributed by atoms with Gasteiger partial charge in [-0.25, -0.2) is 4.39 Å². The highest BCUT2D eigenvalue weighted by Crippen LogP contribution is 2.33. The molecule has 3 rings (SSSR count). The summed E-state index contributed by atoms with van der Waals surface area (Å²) in [4.78, 5) is 8.98. The van der Waals surface area contributed by atoms with Crippen molar-refractivity contribution in [3.05, 3.63) is 27.9 Å². The Morgan fingerprint density at radius 2 is 2.00 bits per heavy atom. The van der Waals surface area contributed by atoms with Crippen LogP contribution in [-0.4, -0.2) is 41.0 Å². The zero-order chi connectivity index (χ0) is 18.7. The molecule has 2 heterocycles. The number of rotatable bonds is 4. The first-order valence-corrected chi connectivity index (χ1v) is 10.6. The standard InChI is InChI=1S/C20H29FN4S/c1-14-6-5-7-19(14)25-15(2)18(21)12-16(13-22-3)20(25)23-17-8-10-24(26-4)11-9-17/h12-14,17,19H,2-3,5-11H2,1,4H3/b16-13-,23-20+. The van der Waals surface area contributed by atoms with Crippen LogP contribution in [0.4, 0.5) is 4.39 Å². The molecule has 0 aromatic carbocycles. The van der Waals surface area contributed by atoms with Crippen molar-refractivity contribution in [3.8, 4) is 0 Å². The van der Waals surface area contributed by atoms with Crippen molar-refractivity contribution in [2.24, 2.45) is 15.9 Å². The lowest BCUT2D eigenvalue weighted by Gasteiger charge is -2.28. The number of hydrogen-bond donors (Lipinski definition) is 0. The monoisotopic (exact) mass is 376 g/mol. The maximum absolute atomic E-state index is 14.6. The van der Waals surface area contributed by atoms with Crippen LogP contribution < -0.4 is 16.1 Å². The molecule has 1 aliphatic carbocycles. The molecule has 1 aromatic heterocycles. The molecule has 6 heteroatoms. The summed E-state index contributed by atoms with van der Waals surface area (Å²) in [6, 6.07) is 2.01. The predicted octanol–water partition coefficient (Wildman–Crippen LogP) is 2.48. The Labute approximate surface area is 159 Å². The lowest BCUT2D eigenvalue weighted by atomic mass is 10.1. The van der Waals surface area contributed by atoms with Crippen LogP contribution in [0.1, 0.15) is 45.1 Å². The van der Waals surface area contributed by atoms with Gasteiger partial charge in [0.25, 0.3) is 0 Å². The van der Waals surface area contributed by atoms with E-state index in [9.17, 15) is 4.39 Å². The SMILES string of the molecule is C=N/C=c1/cc(F)c(=C)n(C2CCCC2C)/c1=N/C1CCN(SC)CC1. The van der Waals surface area contributed by atoms with Gasteiger partial charge in [0.2, 0.25) is 0 Å². The molecule has 0 N–H and O–H groups in total. The molecular formula is C20H29FN4S. The zero-order valence-corrected chi connectivity index (χ0v) is 16.6. The Bertz CT molecular complexity index is 823. The van der Waals surface area contributed by atoms with Gasteiger partial charge in [-0.3, -0.25) is 14.3 Å². The summed E-state index contributed by atoms with van der Waals surface area (Å²) < 4.78 is 19.0. The Morgan fingerprint density at radius 1 is 1.27 bits per heavy atom. The number of aromatic nitrogens is 1. The first-order valence-electron chi connectivity index (χ1n) is 9.44. The molecule has 1 aromatic rings. The lowest BCUT2D eigenvalue weighted by molar-refractivity contribution is 0.334. The minimum Gasteiger partial charge on any atom is -0.321 e. The molecule has 26 heavy (non-hydrogen) atoms. The molecule has 0 bridgehead atoms. The fraction of sp³-hybridized carbons (Fsp3) is 0.600. The van der Waals surface area contributed by atoms with Crippen LogP contribution in [-0.2, 0) is 0 Å². The lowest BCUT2D eigenvalue weighted by Crippen LogP contribution is -2.48. The van der Waals surface area contributed by atoms with Crippen LogP contribution in [0.15, 0.2) is 16.1 Å². The van der Waals surface area contributed by atoms with Crippen molar-refractivity contribution in [2.75, 3.05) is 19.3 Å². The number of piperidine rings is 1. The fourth-order valence-corrected chi connectivity index (χ4v) is 4.77. The summed E-state index contributed by atoms with van der Waals surface area (Å²) in [7, 11) is 0. The van der Waals surface area contributed by atoms with Crippen molar-refractivity contribution < 1.29 is 4.39 Å². The molecule has 0 spiro atoms. The predicted molar refractivity (Wildman–Crippen MR) is 109 cm³/mol. The highest BCUT2D eigenvalue weighted by molar-refractivity contribution is 7.96. The molecule has 2 aliphatic rings. The second-order valence-electron chi connectivity index (χ2n) is 7.35. The largest absolute Gasteiger partial charge is 0.321 e. The van der Waals surface area contributed by atoms with Gasteiger partial charge in [-0.1, -0.05) is 31.9 Å². The minimum atomic E-state index is -0.296. The van der Waals surface area contributed by atoms with Crippen LogP contribution >= 0.6 is 11.9 Å². The average Bonchev–Trinajstić information content (AvgIpc) is 3.06. The molecule has 142 valence electrons. The van der Waals surface area contributed by atoms with Crippen LogP contribution in [0.25, 0.3) is 12.8 Å². The first-order chi connectivity index (χ1) is 12.5. The highest BCUT2D eigenvalue weighted by atomic mass is 32.2. The Kier molecular flexibility index (Phi) is 6.35. The molecule has 4 nitrogen and oxygen atoms in total. The van der Waals surface area contributed by atoms with E-state index in [1.165, 1.54) is 12.5 Å². The summed E-state index contributed by atoms with van der Waals surface area (Å²) >= 11 is 1.79. The molecule has 1 aliphatic heterocycles. The molecule has 1 saturated heterocycles. The topological polar surface area (TPSA) is 32.9 Å². The van der Waals surface area contributed by atoms with Crippen LogP contribution in [0.5, 0.6) is 0 Å². The summed E-state index contributed by atoms with van der Waals surface area (Å²) in [6.07, 6.45) is 9.15. The van der Waals surface area contributed by atoms with E-state index >= 15 is 0 Å². The first kappa shape index (κ1) is 19.4. The van der Waals surface area contributed by atoms with Gasteiger partial charge in [0.15, 0.2) is 0 Å². The number of halogens is 1. The third-order valence-electron chi connectivity index (χ3n) is 5.70. The molecule has 2 atom stereocenters. The van der Waals surface area contributed by atoms with Gasteiger partial charge in [-0.05, 0) is 50.6 Å². The van der Waals surface area contributed by atoms with Crippen molar-refractivity contribution in [1.29, 1.82) is 0 Å². The average molecular weight is 377 g/mol. The van der Waals surface area contributed by atoms with E-state index in [-0.39, 0.29) is 17.9 Å². The van der Waals surface area contributed by atoms with Crippen molar-refractivity contribution in [3.63, 3.8) is 0 Å². The van der Waals surface area contributed by atoms with E-state index in [0.717, 1.165) is 44.3 Å². The van der Waals surface area contributed by atoms with E-state index in [1.54, 1.807) is 18.1 Å². The van der Waals surface area contributed by atoms with Crippen molar-refractivity contribution >= 4 is 31.4 Å². The van der Waals surface area contributed by atoms with Crippen molar-refractivity contribution in [1.82, 2.24) is 8.87 Å². The third-order valence-corrected chi connectivity index (χ3v) is 6.58. The van der Waals surface area contributed by atoms with E-state index < -0.39 is 0 Å². The van der Waals surface area contributed by atoms with E-state index in [1.807, 2.05) is 4.57 Å². The number of nitrogens with zero attached hydrogens (tertiary/aromatic N) is 4. The number of hydrogen-bond acceptors (Lipinski definition) is 4. The summed E-state index contributed by atoms with van der Waals surface area (Å²) in [5.41, 5.74) is 0.824. The Hall–Kier alpha value is -1.40. The summed E-state index contributed by atoms with van der Waals surface area (Å²) in [5, 5.41) is 1.14. The van der Waals surface area contributed by atoms with Crippen molar-refractivity contribution in [2.45, 2.75) is 51.1 Å². The smallest absolute Gasteiger partial charge is 0.147 e. The maximum Gasteiger partial charge on any atom is 0.147 e. The molecule has 0 amide bonds. The van der Waals surface area contributed by atoms with Crippen LogP contribution in [0, 0.1) is 11.7 Å². The highest BCUT2D eigenvalue weighted by Gasteiger charge is 2.27. The van der Waals surface area contributed by atoms with Gasteiger partial charge in [-0.2, -0.15) is 0 Å². The third kappa shape index (κ3) is 3.96. The molecule has 0 radical (unpaired) electrons. The Balaban J connectivity index is 2.14. The maximum atomic E-state index is 14.6. The van der Waals surface area contributed by atoms with Crippen LogP contribution in [0.2, 0.25) is 0 Å². The molecule has 1 saturated carbocycles. The zero-order valence-electron chi connectivity index (χ0n) is 15.8. The normalized spacial score (nSPS) is 26.6. The number of aliphatic imine (C=N–C) groups is 1. The summed E-state index contributed by atoms with van der Waals surface area (Å²) in [5.74, 6) is 0.203. The van der Waals surface area contributed by atoms with Gasteiger partial charge in [0.05, 0.1) is 11.4 Å². The number of pyridine rings is 1. The van der Waals surface area contributed by atoms with Crippen LogP contribution in [0.3, 0.4) is 0 Å². The molecular weight excluding hydrogens is 347 g/mol. The van der Waals surface area contributed by atoms with Gasteiger partial charge >= 0.3 is 0 Å². The van der Waals surface area contributed by atoms with Gasteiger partial charge in [0.1, 0.15) is 11.3 Å². The van der Waals surface area contributed by atoms with E-state index in [2.05, 4.69) is 35.8 Å². The molecule has 2 fully saturated rings. The van der Waals surface area contributed by atoms with Gasteiger partial charge in [-0.15, -0.1) is 0 Å². The van der Waals surface area contributed by atoms with E-state index in [4.69, 9.17) is 4.99 Å². The molecule has 2 unspecified atom stereocenters.